The molecule has 0 unspecified atom stereocenters. The van der Waals surface area contributed by atoms with Gasteiger partial charge in [0.15, 0.2) is 23.0 Å². The monoisotopic (exact) mass is 320 g/mol. The quantitative estimate of drug-likeness (QED) is 0.459. The predicted molar refractivity (Wildman–Crippen MR) is 73.1 cm³/mol. The zero-order valence-corrected chi connectivity index (χ0v) is 11.7. The van der Waals surface area contributed by atoms with Gasteiger partial charge in [-0.3, -0.25) is 0 Å². The predicted octanol–water partition coefficient (Wildman–Crippen LogP) is 6.20. The van der Waals surface area contributed by atoms with Gasteiger partial charge < -0.3 is 9.47 Å². The molecule has 0 bridgehead atoms. The maximum atomic E-state index is 6.07. The van der Waals surface area contributed by atoms with Crippen LogP contribution in [0, 0.1) is 0 Å². The van der Waals surface area contributed by atoms with Gasteiger partial charge in [0.2, 0.25) is 0 Å². The number of ether oxygens (including phenoxy) is 2. The molecule has 2 aromatic rings. The molecule has 1 aliphatic rings. The highest BCUT2D eigenvalue weighted by Crippen LogP contribution is 2.52. The molecule has 0 atom stereocenters. The van der Waals surface area contributed by atoms with Gasteiger partial charge in [0.25, 0.3) is 0 Å². The van der Waals surface area contributed by atoms with E-state index < -0.39 is 0 Å². The van der Waals surface area contributed by atoms with Crippen molar-refractivity contribution in [3.8, 4) is 23.0 Å². The summed E-state index contributed by atoms with van der Waals surface area (Å²) in [5, 5.41) is 1.29. The summed E-state index contributed by atoms with van der Waals surface area (Å²) in [6, 6.07) is 6.60. The molecule has 0 fully saturated rings. The Labute approximate surface area is 123 Å². The van der Waals surface area contributed by atoms with Crippen molar-refractivity contribution in [3.63, 3.8) is 0 Å². The van der Waals surface area contributed by atoms with Crippen molar-refractivity contribution in [2.24, 2.45) is 0 Å². The molecule has 0 aliphatic carbocycles. The lowest BCUT2D eigenvalue weighted by molar-refractivity contribution is 0.360. The Hall–Kier alpha value is -0.800. The van der Waals surface area contributed by atoms with E-state index in [0.717, 1.165) is 0 Å². The third-order valence-electron chi connectivity index (χ3n) is 2.42. The molecule has 0 saturated carbocycles. The van der Waals surface area contributed by atoms with Gasteiger partial charge in [-0.2, -0.15) is 0 Å². The summed E-state index contributed by atoms with van der Waals surface area (Å²) in [5.41, 5.74) is 0. The van der Waals surface area contributed by atoms with Gasteiger partial charge in [-0.05, 0) is 12.1 Å². The standard InChI is InChI=1S/C12H4Cl4O2/c13-5-1-2-7-8(3-5)18-12-9(17-7)4-6(14)10(15)11(12)16/h1-4H. The van der Waals surface area contributed by atoms with Gasteiger partial charge in [0.05, 0.1) is 10.0 Å². The van der Waals surface area contributed by atoms with Gasteiger partial charge in [-0.25, -0.2) is 0 Å². The molecule has 6 heteroatoms. The summed E-state index contributed by atoms with van der Waals surface area (Å²) >= 11 is 23.8. The first-order chi connectivity index (χ1) is 8.56. The zero-order chi connectivity index (χ0) is 12.9. The van der Waals surface area contributed by atoms with Gasteiger partial charge in [-0.15, -0.1) is 0 Å². The minimum atomic E-state index is 0.213. The van der Waals surface area contributed by atoms with Crippen molar-refractivity contribution in [3.05, 3.63) is 44.4 Å². The maximum absolute atomic E-state index is 6.07. The van der Waals surface area contributed by atoms with Crippen LogP contribution in [0.15, 0.2) is 24.3 Å². The average molecular weight is 322 g/mol. The first kappa shape index (κ1) is 12.2. The molecule has 92 valence electrons. The van der Waals surface area contributed by atoms with Crippen molar-refractivity contribution < 1.29 is 9.47 Å². The second-order valence-corrected chi connectivity index (χ2v) is 5.21. The van der Waals surface area contributed by atoms with E-state index >= 15 is 0 Å². The molecule has 0 radical (unpaired) electrons. The smallest absolute Gasteiger partial charge is 0.190 e. The fraction of sp³-hybridized carbons (Fsp3) is 0. The van der Waals surface area contributed by atoms with E-state index in [2.05, 4.69) is 0 Å². The minimum absolute atomic E-state index is 0.213. The number of hydrogen-bond acceptors (Lipinski definition) is 2. The summed E-state index contributed by atoms with van der Waals surface area (Å²) < 4.78 is 11.3. The minimum Gasteiger partial charge on any atom is -0.449 e. The number of fused-ring (bicyclic) bond motifs is 2. The van der Waals surface area contributed by atoms with E-state index in [4.69, 9.17) is 55.9 Å². The van der Waals surface area contributed by atoms with Crippen LogP contribution in [0.1, 0.15) is 0 Å². The van der Waals surface area contributed by atoms with Crippen LogP contribution in [0.2, 0.25) is 20.1 Å². The molecular weight excluding hydrogens is 318 g/mol. The number of rotatable bonds is 0. The highest BCUT2D eigenvalue weighted by atomic mass is 35.5. The van der Waals surface area contributed by atoms with E-state index in [9.17, 15) is 0 Å². The Morgan fingerprint density at radius 3 is 2.28 bits per heavy atom. The second kappa shape index (κ2) is 4.39. The lowest BCUT2D eigenvalue weighted by atomic mass is 10.2. The van der Waals surface area contributed by atoms with Gasteiger partial charge in [-0.1, -0.05) is 46.4 Å². The van der Waals surface area contributed by atoms with Crippen LogP contribution in [0.3, 0.4) is 0 Å². The second-order valence-electron chi connectivity index (χ2n) is 3.61. The summed E-state index contributed by atoms with van der Waals surface area (Å²) in [6.45, 7) is 0. The van der Waals surface area contributed by atoms with E-state index in [1.807, 2.05) is 0 Å². The van der Waals surface area contributed by atoms with Gasteiger partial charge in [0.1, 0.15) is 5.02 Å². The van der Waals surface area contributed by atoms with E-state index in [1.165, 1.54) is 0 Å². The maximum Gasteiger partial charge on any atom is 0.190 e. The van der Waals surface area contributed by atoms with Crippen molar-refractivity contribution in [2.75, 3.05) is 0 Å². The lowest BCUT2D eigenvalue weighted by Gasteiger charge is -2.22. The molecule has 1 heterocycles. The normalized spacial score (nSPS) is 12.2. The van der Waals surface area contributed by atoms with Crippen molar-refractivity contribution in [1.29, 1.82) is 0 Å². The van der Waals surface area contributed by atoms with Crippen molar-refractivity contribution in [2.45, 2.75) is 0 Å². The zero-order valence-electron chi connectivity index (χ0n) is 8.64. The highest BCUT2D eigenvalue weighted by molar-refractivity contribution is 6.48. The van der Waals surface area contributed by atoms with Gasteiger partial charge >= 0.3 is 0 Å². The van der Waals surface area contributed by atoms with Crippen molar-refractivity contribution >= 4 is 46.4 Å². The molecule has 1 aliphatic heterocycles. The van der Waals surface area contributed by atoms with Crippen LogP contribution in [0.5, 0.6) is 23.0 Å². The molecule has 3 rings (SSSR count). The van der Waals surface area contributed by atoms with Crippen LogP contribution in [0.25, 0.3) is 0 Å². The largest absolute Gasteiger partial charge is 0.449 e. The molecule has 18 heavy (non-hydrogen) atoms. The molecule has 0 spiro atoms. The van der Waals surface area contributed by atoms with E-state index in [1.54, 1.807) is 24.3 Å². The Balaban J connectivity index is 2.17. The third-order valence-corrected chi connectivity index (χ3v) is 3.90. The molecule has 2 aromatic carbocycles. The van der Waals surface area contributed by atoms with Crippen LogP contribution < -0.4 is 9.47 Å². The third kappa shape index (κ3) is 1.90. The van der Waals surface area contributed by atoms with Gasteiger partial charge in [0, 0.05) is 17.2 Å². The topological polar surface area (TPSA) is 18.5 Å². The summed E-state index contributed by atoms with van der Waals surface area (Å²) in [5.74, 6) is 1.78. The highest BCUT2D eigenvalue weighted by Gasteiger charge is 2.24. The fourth-order valence-electron chi connectivity index (χ4n) is 1.60. The number of benzene rings is 2. The first-order valence-electron chi connectivity index (χ1n) is 4.89. The molecule has 0 amide bonds. The first-order valence-corrected chi connectivity index (χ1v) is 6.40. The van der Waals surface area contributed by atoms with Crippen LogP contribution >= 0.6 is 46.4 Å². The van der Waals surface area contributed by atoms with E-state index in [-0.39, 0.29) is 10.0 Å². The Morgan fingerprint density at radius 2 is 1.50 bits per heavy atom. The molecule has 0 saturated heterocycles. The number of hydrogen-bond donors (Lipinski definition) is 0. The Morgan fingerprint density at radius 1 is 0.722 bits per heavy atom. The molecule has 0 N–H and O–H groups in total. The summed E-state index contributed by atoms with van der Waals surface area (Å²) in [4.78, 5) is 0. The van der Waals surface area contributed by atoms with E-state index in [0.29, 0.717) is 33.0 Å². The molecule has 0 aromatic heterocycles. The Kier molecular flexibility index (Phi) is 2.99. The van der Waals surface area contributed by atoms with Crippen LogP contribution in [-0.2, 0) is 0 Å². The summed E-state index contributed by atoms with van der Waals surface area (Å²) in [7, 11) is 0. The SMILES string of the molecule is Clc1ccc2c(c1)Oc1c(cc(Cl)c(Cl)c1Cl)O2. The molecular formula is C12H4Cl4O2. The fourth-order valence-corrected chi connectivity index (χ4v) is 2.38. The lowest BCUT2D eigenvalue weighted by Crippen LogP contribution is -1.99. The van der Waals surface area contributed by atoms with Crippen LogP contribution in [0.4, 0.5) is 0 Å². The summed E-state index contributed by atoms with van der Waals surface area (Å²) in [6.07, 6.45) is 0. The molecule has 2 nitrogen and oxygen atoms in total. The Bertz CT molecular complexity index is 655. The van der Waals surface area contributed by atoms with Crippen LogP contribution in [-0.4, -0.2) is 0 Å². The number of halogens is 4. The van der Waals surface area contributed by atoms with Crippen molar-refractivity contribution in [1.82, 2.24) is 0 Å². The average Bonchev–Trinajstić information content (AvgIpc) is 2.35.